The highest BCUT2D eigenvalue weighted by atomic mass is 35.6. The molecule has 0 aliphatic carbocycles. The molecule has 2 aromatic rings. The van der Waals surface area contributed by atoms with E-state index in [9.17, 15) is 0 Å². The highest BCUT2D eigenvalue weighted by Gasteiger charge is 2.27. The van der Waals surface area contributed by atoms with Crippen LogP contribution in [0.15, 0.2) is 36.7 Å². The van der Waals surface area contributed by atoms with Crippen LogP contribution in [0.3, 0.4) is 0 Å². The maximum absolute atomic E-state index is 5.76. The first-order chi connectivity index (χ1) is 9.50. The van der Waals surface area contributed by atoms with Gasteiger partial charge in [-0.2, -0.15) is 0 Å². The monoisotopic (exact) mass is 329 g/mol. The normalized spacial score (nSPS) is 12.3. The average molecular weight is 331 g/mol. The molecule has 0 N–H and O–H groups in total. The molecule has 1 aromatic heterocycles. The number of rotatable bonds is 3. The number of hydrogen-bond acceptors (Lipinski definition) is 4. The first-order valence-electron chi connectivity index (χ1n) is 5.58. The minimum absolute atomic E-state index is 0.0449. The van der Waals surface area contributed by atoms with E-state index >= 15 is 0 Å². The van der Waals surface area contributed by atoms with Gasteiger partial charge in [-0.1, -0.05) is 65.1 Å². The van der Waals surface area contributed by atoms with Crippen LogP contribution in [-0.4, -0.2) is 22.1 Å². The lowest BCUT2D eigenvalue weighted by atomic mass is 10.2. The highest BCUT2D eigenvalue weighted by Crippen LogP contribution is 2.35. The van der Waals surface area contributed by atoms with E-state index in [-0.39, 0.29) is 5.82 Å². The minimum Gasteiger partial charge on any atom is -0.493 e. The Balaban J connectivity index is 2.40. The van der Waals surface area contributed by atoms with Crippen molar-refractivity contribution in [3.05, 3.63) is 53.9 Å². The van der Waals surface area contributed by atoms with E-state index in [1.165, 1.54) is 13.4 Å². The SMILES string of the molecule is COC(=Cc1ccccc1)c1ncnc(C(Cl)(Cl)Cl)n1. The highest BCUT2D eigenvalue weighted by molar-refractivity contribution is 6.66. The van der Waals surface area contributed by atoms with Gasteiger partial charge >= 0.3 is 0 Å². The zero-order valence-electron chi connectivity index (χ0n) is 10.4. The van der Waals surface area contributed by atoms with E-state index in [0.29, 0.717) is 11.6 Å². The molecule has 2 rings (SSSR count). The summed E-state index contributed by atoms with van der Waals surface area (Å²) in [4.78, 5) is 12.0. The molecule has 0 atom stereocenters. The Morgan fingerprint density at radius 2 is 1.85 bits per heavy atom. The number of ether oxygens (including phenoxy) is 1. The van der Waals surface area contributed by atoms with Crippen molar-refractivity contribution in [1.29, 1.82) is 0 Å². The number of methoxy groups -OCH3 is 1. The quantitative estimate of drug-likeness (QED) is 0.633. The van der Waals surface area contributed by atoms with Crippen LogP contribution in [0.1, 0.15) is 17.2 Å². The Morgan fingerprint density at radius 3 is 2.45 bits per heavy atom. The smallest absolute Gasteiger partial charge is 0.250 e. The molecular weight excluding hydrogens is 321 g/mol. The molecule has 0 spiro atoms. The molecule has 1 heterocycles. The zero-order chi connectivity index (χ0) is 14.6. The third kappa shape index (κ3) is 3.82. The van der Waals surface area contributed by atoms with Crippen molar-refractivity contribution >= 4 is 46.6 Å². The number of alkyl halides is 3. The van der Waals surface area contributed by atoms with E-state index in [1.807, 2.05) is 30.3 Å². The van der Waals surface area contributed by atoms with Gasteiger partial charge in [0.05, 0.1) is 7.11 Å². The summed E-state index contributed by atoms with van der Waals surface area (Å²) in [5.41, 5.74) is 0.945. The first-order valence-corrected chi connectivity index (χ1v) is 6.71. The summed E-state index contributed by atoms with van der Waals surface area (Å²) in [7, 11) is 1.52. The Labute approximate surface area is 131 Å². The third-order valence-electron chi connectivity index (χ3n) is 2.36. The van der Waals surface area contributed by atoms with Gasteiger partial charge in [0.15, 0.2) is 17.4 Å². The van der Waals surface area contributed by atoms with Gasteiger partial charge in [0, 0.05) is 0 Å². The molecule has 0 unspecified atom stereocenters. The van der Waals surface area contributed by atoms with Gasteiger partial charge in [0.1, 0.15) is 6.33 Å². The lowest BCUT2D eigenvalue weighted by Gasteiger charge is -2.10. The minimum atomic E-state index is -1.71. The van der Waals surface area contributed by atoms with Crippen molar-refractivity contribution in [2.45, 2.75) is 3.79 Å². The first kappa shape index (κ1) is 15.0. The molecule has 0 saturated carbocycles. The van der Waals surface area contributed by atoms with E-state index < -0.39 is 3.79 Å². The van der Waals surface area contributed by atoms with Crippen LogP contribution in [0, 0.1) is 0 Å². The number of hydrogen-bond donors (Lipinski definition) is 0. The van der Waals surface area contributed by atoms with Crippen LogP contribution < -0.4 is 0 Å². The van der Waals surface area contributed by atoms with Crippen molar-refractivity contribution in [3.63, 3.8) is 0 Å². The van der Waals surface area contributed by atoms with Gasteiger partial charge in [0.2, 0.25) is 3.79 Å². The van der Waals surface area contributed by atoms with E-state index in [1.54, 1.807) is 6.08 Å². The van der Waals surface area contributed by atoms with Crippen LogP contribution in [0.5, 0.6) is 0 Å². The fourth-order valence-electron chi connectivity index (χ4n) is 1.47. The second-order valence-corrected chi connectivity index (χ2v) is 6.04. The van der Waals surface area contributed by atoms with Crippen molar-refractivity contribution in [3.8, 4) is 0 Å². The fourth-order valence-corrected chi connectivity index (χ4v) is 1.74. The predicted octanol–water partition coefficient (Wildman–Crippen LogP) is 3.84. The number of benzene rings is 1. The molecule has 0 aliphatic rings. The van der Waals surface area contributed by atoms with Crippen LogP contribution in [0.2, 0.25) is 0 Å². The molecule has 0 amide bonds. The van der Waals surface area contributed by atoms with E-state index in [0.717, 1.165) is 5.56 Å². The van der Waals surface area contributed by atoms with Crippen LogP contribution in [-0.2, 0) is 8.53 Å². The molecule has 1 aromatic carbocycles. The topological polar surface area (TPSA) is 47.9 Å². The van der Waals surface area contributed by atoms with Gasteiger partial charge in [-0.05, 0) is 11.6 Å². The fraction of sp³-hybridized carbons (Fsp3) is 0.154. The summed E-state index contributed by atoms with van der Waals surface area (Å²) >= 11 is 17.3. The summed E-state index contributed by atoms with van der Waals surface area (Å²) in [6, 6.07) is 9.61. The molecular formula is C13H10Cl3N3O. The van der Waals surface area contributed by atoms with Gasteiger partial charge in [0.25, 0.3) is 0 Å². The average Bonchev–Trinajstić information content (AvgIpc) is 2.45. The predicted molar refractivity (Wildman–Crippen MR) is 80.4 cm³/mol. The molecule has 0 radical (unpaired) electrons. The third-order valence-corrected chi connectivity index (χ3v) is 2.87. The number of nitrogens with zero attached hydrogens (tertiary/aromatic N) is 3. The van der Waals surface area contributed by atoms with Crippen molar-refractivity contribution in [1.82, 2.24) is 15.0 Å². The molecule has 104 valence electrons. The van der Waals surface area contributed by atoms with Gasteiger partial charge in [-0.25, -0.2) is 15.0 Å². The van der Waals surface area contributed by atoms with Crippen molar-refractivity contribution in [2.24, 2.45) is 0 Å². The lowest BCUT2D eigenvalue weighted by Crippen LogP contribution is -2.10. The maximum Gasteiger partial charge on any atom is 0.250 e. The molecule has 0 bridgehead atoms. The van der Waals surface area contributed by atoms with Gasteiger partial charge in [-0.3, -0.25) is 0 Å². The largest absolute Gasteiger partial charge is 0.493 e. The summed E-state index contributed by atoms with van der Waals surface area (Å²) in [6.07, 6.45) is 3.06. The standard InChI is InChI=1S/C13H10Cl3N3O/c1-20-10(7-9-5-3-2-4-6-9)11-17-8-18-12(19-11)13(14,15)16/h2-8H,1H3. The molecule has 0 fully saturated rings. The lowest BCUT2D eigenvalue weighted by molar-refractivity contribution is 0.368. The van der Waals surface area contributed by atoms with Crippen LogP contribution in [0.4, 0.5) is 0 Å². The number of halogens is 3. The molecule has 4 nitrogen and oxygen atoms in total. The van der Waals surface area contributed by atoms with Crippen molar-refractivity contribution in [2.75, 3.05) is 7.11 Å². The Bertz CT molecular complexity index is 612. The van der Waals surface area contributed by atoms with Crippen LogP contribution in [0.25, 0.3) is 11.8 Å². The van der Waals surface area contributed by atoms with Crippen LogP contribution >= 0.6 is 34.8 Å². The van der Waals surface area contributed by atoms with E-state index in [4.69, 9.17) is 39.5 Å². The summed E-state index contributed by atoms with van der Waals surface area (Å²) in [5, 5.41) is 0. The maximum atomic E-state index is 5.76. The summed E-state index contributed by atoms with van der Waals surface area (Å²) < 4.78 is 3.58. The summed E-state index contributed by atoms with van der Waals surface area (Å²) in [6.45, 7) is 0. The number of aromatic nitrogens is 3. The second kappa shape index (κ2) is 6.39. The second-order valence-electron chi connectivity index (χ2n) is 3.75. The van der Waals surface area contributed by atoms with E-state index in [2.05, 4.69) is 15.0 Å². The molecule has 0 saturated heterocycles. The van der Waals surface area contributed by atoms with Crippen molar-refractivity contribution < 1.29 is 4.74 Å². The molecule has 20 heavy (non-hydrogen) atoms. The summed E-state index contributed by atoms with van der Waals surface area (Å²) in [5.74, 6) is 0.797. The Hall–Kier alpha value is -1.36. The van der Waals surface area contributed by atoms with Gasteiger partial charge in [-0.15, -0.1) is 0 Å². The zero-order valence-corrected chi connectivity index (χ0v) is 12.7. The molecule has 7 heteroatoms. The van der Waals surface area contributed by atoms with Gasteiger partial charge < -0.3 is 4.74 Å². The molecule has 0 aliphatic heterocycles. The Morgan fingerprint density at radius 1 is 1.15 bits per heavy atom. The Kier molecular flexibility index (Phi) is 4.81.